The van der Waals surface area contributed by atoms with Gasteiger partial charge in [-0.05, 0) is 18.1 Å². The molecule has 1 N–H and O–H groups in total. The smallest absolute Gasteiger partial charge is 0.0340 e. The summed E-state index contributed by atoms with van der Waals surface area (Å²) in [7, 11) is 0. The van der Waals surface area contributed by atoms with Gasteiger partial charge in [-0.2, -0.15) is 0 Å². The Hall–Kier alpha value is -0.980. The molecule has 0 heterocycles. The van der Waals surface area contributed by atoms with E-state index in [1.165, 1.54) is 12.1 Å². The molecule has 0 radical (unpaired) electrons. The average molecular weight is 163 g/mol. The molecule has 0 aliphatic carbocycles. The molecule has 0 aliphatic rings. The summed E-state index contributed by atoms with van der Waals surface area (Å²) in [5.41, 5.74) is 1.22. The molecule has 0 saturated heterocycles. The van der Waals surface area contributed by atoms with Gasteiger partial charge in [0.15, 0.2) is 0 Å². The van der Waals surface area contributed by atoms with Gasteiger partial charge in [0, 0.05) is 12.2 Å². The van der Waals surface area contributed by atoms with Crippen LogP contribution in [-0.2, 0) is 0 Å². The molecule has 66 valence electrons. The van der Waals surface area contributed by atoms with Gasteiger partial charge in [0.2, 0.25) is 0 Å². The largest absolute Gasteiger partial charge is 0.385 e. The van der Waals surface area contributed by atoms with Crippen molar-refractivity contribution in [2.24, 2.45) is 5.92 Å². The normalized spacial score (nSPS) is 12.5. The Morgan fingerprint density at radius 1 is 1.25 bits per heavy atom. The van der Waals surface area contributed by atoms with Crippen molar-refractivity contribution in [3.63, 3.8) is 0 Å². The minimum Gasteiger partial charge on any atom is -0.385 e. The third kappa shape index (κ3) is 2.95. The number of rotatable bonds is 4. The van der Waals surface area contributed by atoms with Crippen molar-refractivity contribution in [2.45, 2.75) is 20.3 Å². The molecule has 1 nitrogen and oxygen atoms in total. The molecule has 0 bridgehead atoms. The molecule has 0 aromatic heterocycles. The van der Waals surface area contributed by atoms with Crippen LogP contribution in [-0.4, -0.2) is 6.54 Å². The molecule has 0 fully saturated rings. The summed E-state index contributed by atoms with van der Waals surface area (Å²) in [5.74, 6) is 0.755. The molecular formula is C11H17N. The highest BCUT2D eigenvalue weighted by Gasteiger charge is 1.96. The topological polar surface area (TPSA) is 12.0 Å². The molecule has 1 atom stereocenters. The van der Waals surface area contributed by atoms with Crippen molar-refractivity contribution in [2.75, 3.05) is 11.9 Å². The first-order valence-electron chi connectivity index (χ1n) is 4.62. The van der Waals surface area contributed by atoms with Crippen LogP contribution in [0.1, 0.15) is 20.3 Å². The lowest BCUT2D eigenvalue weighted by atomic mass is 10.1. The minimum atomic E-state index is 0.755. The standard InChI is InChI=1S/C11H17N/c1-3-10(2)9-12-11-7-5-4-6-8-11/h4-8,10,12H,3,9H2,1-2H3. The Balaban J connectivity index is 2.33. The van der Waals surface area contributed by atoms with Crippen molar-refractivity contribution < 1.29 is 0 Å². The molecule has 1 unspecified atom stereocenters. The van der Waals surface area contributed by atoms with Crippen LogP contribution in [0.3, 0.4) is 0 Å². The Labute approximate surface area is 74.8 Å². The second kappa shape index (κ2) is 4.81. The number of para-hydroxylation sites is 1. The maximum Gasteiger partial charge on any atom is 0.0340 e. The van der Waals surface area contributed by atoms with E-state index in [-0.39, 0.29) is 0 Å². The van der Waals surface area contributed by atoms with Crippen molar-refractivity contribution >= 4 is 5.69 Å². The van der Waals surface area contributed by atoms with E-state index in [0.717, 1.165) is 12.5 Å². The van der Waals surface area contributed by atoms with Crippen molar-refractivity contribution in [3.05, 3.63) is 30.3 Å². The molecule has 0 aliphatic heterocycles. The van der Waals surface area contributed by atoms with Gasteiger partial charge < -0.3 is 5.32 Å². The fourth-order valence-corrected chi connectivity index (χ4v) is 0.992. The van der Waals surface area contributed by atoms with Crippen molar-refractivity contribution in [1.29, 1.82) is 0 Å². The summed E-state index contributed by atoms with van der Waals surface area (Å²) in [6.45, 7) is 5.55. The molecule has 12 heavy (non-hydrogen) atoms. The van der Waals surface area contributed by atoms with Crippen LogP contribution < -0.4 is 5.32 Å². The van der Waals surface area contributed by atoms with E-state index >= 15 is 0 Å². The van der Waals surface area contributed by atoms with Crippen LogP contribution in [0.15, 0.2) is 30.3 Å². The summed E-state index contributed by atoms with van der Waals surface area (Å²) >= 11 is 0. The van der Waals surface area contributed by atoms with E-state index in [4.69, 9.17) is 0 Å². The SMILES string of the molecule is CCC(C)CNc1ccccc1. The molecule has 1 aromatic carbocycles. The van der Waals surface area contributed by atoms with Gasteiger partial charge in [0.1, 0.15) is 0 Å². The lowest BCUT2D eigenvalue weighted by Gasteiger charge is -2.10. The van der Waals surface area contributed by atoms with Gasteiger partial charge >= 0.3 is 0 Å². The quantitative estimate of drug-likeness (QED) is 0.719. The summed E-state index contributed by atoms with van der Waals surface area (Å²) in [4.78, 5) is 0. The van der Waals surface area contributed by atoms with Gasteiger partial charge in [-0.3, -0.25) is 0 Å². The van der Waals surface area contributed by atoms with Gasteiger partial charge in [-0.1, -0.05) is 38.5 Å². The van der Waals surface area contributed by atoms with E-state index in [9.17, 15) is 0 Å². The summed E-state index contributed by atoms with van der Waals surface area (Å²) in [6, 6.07) is 10.3. The number of hydrogen-bond acceptors (Lipinski definition) is 1. The predicted octanol–water partition coefficient (Wildman–Crippen LogP) is 3.14. The van der Waals surface area contributed by atoms with Crippen LogP contribution in [0.25, 0.3) is 0 Å². The lowest BCUT2D eigenvalue weighted by molar-refractivity contribution is 0.593. The number of benzene rings is 1. The van der Waals surface area contributed by atoms with Gasteiger partial charge in [0.25, 0.3) is 0 Å². The second-order valence-electron chi connectivity index (χ2n) is 3.26. The zero-order valence-electron chi connectivity index (χ0n) is 7.88. The minimum absolute atomic E-state index is 0.755. The molecule has 0 spiro atoms. The Morgan fingerprint density at radius 2 is 1.92 bits per heavy atom. The summed E-state index contributed by atoms with van der Waals surface area (Å²) in [6.07, 6.45) is 1.24. The summed E-state index contributed by atoms with van der Waals surface area (Å²) in [5, 5.41) is 3.40. The van der Waals surface area contributed by atoms with Crippen LogP contribution >= 0.6 is 0 Å². The number of anilines is 1. The molecular weight excluding hydrogens is 146 g/mol. The third-order valence-electron chi connectivity index (χ3n) is 2.13. The summed E-state index contributed by atoms with van der Waals surface area (Å²) < 4.78 is 0. The third-order valence-corrected chi connectivity index (χ3v) is 2.13. The predicted molar refractivity (Wildman–Crippen MR) is 54.4 cm³/mol. The van der Waals surface area contributed by atoms with E-state index < -0.39 is 0 Å². The van der Waals surface area contributed by atoms with E-state index in [1.807, 2.05) is 6.07 Å². The second-order valence-corrected chi connectivity index (χ2v) is 3.26. The lowest BCUT2D eigenvalue weighted by Crippen LogP contribution is -2.09. The van der Waals surface area contributed by atoms with E-state index in [1.54, 1.807) is 0 Å². The fraction of sp³-hybridized carbons (Fsp3) is 0.455. The highest BCUT2D eigenvalue weighted by atomic mass is 14.9. The molecule has 0 saturated carbocycles. The van der Waals surface area contributed by atoms with Crippen LogP contribution in [0.4, 0.5) is 5.69 Å². The first kappa shape index (κ1) is 9.11. The fourth-order valence-electron chi connectivity index (χ4n) is 0.992. The monoisotopic (exact) mass is 163 g/mol. The first-order chi connectivity index (χ1) is 5.83. The molecule has 1 rings (SSSR count). The molecule has 1 aromatic rings. The first-order valence-corrected chi connectivity index (χ1v) is 4.62. The Bertz CT molecular complexity index is 206. The molecule has 0 amide bonds. The molecule has 1 heteroatoms. The van der Waals surface area contributed by atoms with E-state index in [0.29, 0.717) is 0 Å². The van der Waals surface area contributed by atoms with Crippen LogP contribution in [0, 0.1) is 5.92 Å². The van der Waals surface area contributed by atoms with Crippen LogP contribution in [0.2, 0.25) is 0 Å². The van der Waals surface area contributed by atoms with Crippen LogP contribution in [0.5, 0.6) is 0 Å². The van der Waals surface area contributed by atoms with Crippen molar-refractivity contribution in [1.82, 2.24) is 0 Å². The number of hydrogen-bond donors (Lipinski definition) is 1. The van der Waals surface area contributed by atoms with E-state index in [2.05, 4.69) is 43.4 Å². The Kier molecular flexibility index (Phi) is 3.65. The average Bonchev–Trinajstić information content (AvgIpc) is 2.16. The highest BCUT2D eigenvalue weighted by molar-refractivity contribution is 5.42. The maximum absolute atomic E-state index is 3.40. The van der Waals surface area contributed by atoms with Gasteiger partial charge in [-0.25, -0.2) is 0 Å². The van der Waals surface area contributed by atoms with Gasteiger partial charge in [-0.15, -0.1) is 0 Å². The maximum atomic E-state index is 3.40. The number of nitrogens with one attached hydrogen (secondary N) is 1. The Morgan fingerprint density at radius 3 is 2.50 bits per heavy atom. The zero-order chi connectivity index (χ0) is 8.81. The van der Waals surface area contributed by atoms with Gasteiger partial charge in [0.05, 0.1) is 0 Å². The van der Waals surface area contributed by atoms with Crippen molar-refractivity contribution in [3.8, 4) is 0 Å². The highest BCUT2D eigenvalue weighted by Crippen LogP contribution is 2.07. The zero-order valence-corrected chi connectivity index (χ0v) is 7.88.